The molecule has 0 saturated carbocycles. The minimum atomic E-state index is -4.63. The van der Waals surface area contributed by atoms with Gasteiger partial charge < -0.3 is 9.84 Å². The minimum absolute atomic E-state index is 0.0876. The molecule has 0 aliphatic carbocycles. The van der Waals surface area contributed by atoms with Crippen molar-refractivity contribution in [1.82, 2.24) is 4.90 Å². The van der Waals surface area contributed by atoms with Gasteiger partial charge in [-0.15, -0.1) is 11.8 Å². The number of rotatable bonds is 2. The first-order chi connectivity index (χ1) is 8.92. The van der Waals surface area contributed by atoms with Crippen molar-refractivity contribution in [3.05, 3.63) is 0 Å². The van der Waals surface area contributed by atoms with Crippen LogP contribution in [0.4, 0.5) is 18.0 Å². The summed E-state index contributed by atoms with van der Waals surface area (Å²) >= 11 is 0.499. The van der Waals surface area contributed by atoms with E-state index in [9.17, 15) is 22.8 Å². The van der Waals surface area contributed by atoms with Crippen LogP contribution < -0.4 is 0 Å². The number of carboxylic acid groups (broad SMARTS) is 1. The molecule has 20 heavy (non-hydrogen) atoms. The second kappa shape index (κ2) is 5.71. The summed E-state index contributed by atoms with van der Waals surface area (Å²) in [4.78, 5) is 23.1. The zero-order chi connectivity index (χ0) is 15.7. The van der Waals surface area contributed by atoms with Crippen LogP contribution in [0.3, 0.4) is 0 Å². The number of alkyl halides is 3. The molecule has 0 spiro atoms. The van der Waals surface area contributed by atoms with E-state index in [1.54, 1.807) is 0 Å². The first-order valence-corrected chi connectivity index (χ1v) is 6.88. The largest absolute Gasteiger partial charge is 0.481 e. The van der Waals surface area contributed by atoms with Gasteiger partial charge in [0.15, 0.2) is 5.37 Å². The normalized spacial score (nSPS) is 23.8. The second-order valence-electron chi connectivity index (χ2n) is 5.37. The third kappa shape index (κ3) is 4.46. The second-order valence-corrected chi connectivity index (χ2v) is 6.48. The summed E-state index contributed by atoms with van der Waals surface area (Å²) in [5.41, 5.74) is -0.950. The van der Waals surface area contributed by atoms with Crippen molar-refractivity contribution in [2.45, 2.75) is 50.4 Å². The number of halogens is 3. The van der Waals surface area contributed by atoms with Gasteiger partial charge in [0, 0.05) is 5.75 Å². The maximum atomic E-state index is 12.9. The molecule has 1 aliphatic heterocycles. The van der Waals surface area contributed by atoms with Gasteiger partial charge in [0.05, 0.1) is 12.5 Å². The molecule has 9 heteroatoms. The number of aliphatic carboxylic acids is 1. The SMILES string of the molecule is CC(C)(C)OC(=O)N1C(CC(=O)O)CS[C@H]1C(F)(F)F. The van der Waals surface area contributed by atoms with Gasteiger partial charge in [0.1, 0.15) is 5.60 Å². The molecular formula is C11H16F3NO4S. The standard InChI is InChI=1S/C11H16F3NO4S/c1-10(2,3)19-9(18)15-6(4-7(16)17)5-20-8(15)11(12,13)14/h6,8H,4-5H2,1-3H3,(H,16,17)/t6?,8-/m0/s1. The van der Waals surface area contributed by atoms with Gasteiger partial charge in [0.25, 0.3) is 0 Å². The maximum absolute atomic E-state index is 12.9. The molecule has 1 rings (SSSR count). The van der Waals surface area contributed by atoms with Crippen LogP contribution in [-0.2, 0) is 9.53 Å². The lowest BCUT2D eigenvalue weighted by Crippen LogP contribution is -2.49. The van der Waals surface area contributed by atoms with Crippen LogP contribution in [0.5, 0.6) is 0 Å². The fraction of sp³-hybridized carbons (Fsp3) is 0.818. The van der Waals surface area contributed by atoms with Crippen LogP contribution in [0.1, 0.15) is 27.2 Å². The Labute approximate surface area is 118 Å². The number of nitrogens with zero attached hydrogens (tertiary/aromatic N) is 1. The number of hydrogen-bond donors (Lipinski definition) is 1. The summed E-state index contributed by atoms with van der Waals surface area (Å²) in [5.74, 6) is -1.35. The van der Waals surface area contributed by atoms with Gasteiger partial charge in [-0.05, 0) is 20.8 Å². The summed E-state index contributed by atoms with van der Waals surface area (Å²) in [5, 5.41) is 6.66. The molecule has 0 radical (unpaired) electrons. The Bertz CT molecular complexity index is 394. The molecule has 1 saturated heterocycles. The van der Waals surface area contributed by atoms with E-state index in [1.807, 2.05) is 0 Å². The molecule has 2 atom stereocenters. The molecule has 0 bridgehead atoms. The summed E-state index contributed by atoms with van der Waals surface area (Å²) < 4.78 is 43.6. The number of amides is 1. The highest BCUT2D eigenvalue weighted by Gasteiger charge is 2.53. The Morgan fingerprint density at radius 3 is 2.30 bits per heavy atom. The highest BCUT2D eigenvalue weighted by molar-refractivity contribution is 8.00. The number of ether oxygens (including phenoxy) is 1. The van der Waals surface area contributed by atoms with Crippen LogP contribution in [0.15, 0.2) is 0 Å². The zero-order valence-electron chi connectivity index (χ0n) is 11.2. The molecular weight excluding hydrogens is 299 g/mol. The predicted molar refractivity (Wildman–Crippen MR) is 66.4 cm³/mol. The topological polar surface area (TPSA) is 66.8 Å². The lowest BCUT2D eigenvalue weighted by atomic mass is 10.2. The Morgan fingerprint density at radius 2 is 1.90 bits per heavy atom. The monoisotopic (exact) mass is 315 g/mol. The van der Waals surface area contributed by atoms with E-state index in [1.165, 1.54) is 20.8 Å². The van der Waals surface area contributed by atoms with Crippen molar-refractivity contribution in [2.75, 3.05) is 5.75 Å². The summed E-state index contributed by atoms with van der Waals surface area (Å²) in [6.45, 7) is 4.59. The number of carbonyl (C=O) groups is 2. The molecule has 0 aromatic carbocycles. The highest BCUT2D eigenvalue weighted by Crippen LogP contribution is 2.41. The van der Waals surface area contributed by atoms with Gasteiger partial charge in [-0.2, -0.15) is 13.2 Å². The van der Waals surface area contributed by atoms with E-state index in [4.69, 9.17) is 9.84 Å². The summed E-state index contributed by atoms with van der Waals surface area (Å²) in [6.07, 6.45) is -6.32. The molecule has 0 aromatic heterocycles. The Hall–Kier alpha value is -1.12. The Kier molecular flexibility index (Phi) is 4.83. The quantitative estimate of drug-likeness (QED) is 0.848. The van der Waals surface area contributed by atoms with Gasteiger partial charge in [-0.3, -0.25) is 9.69 Å². The smallest absolute Gasteiger partial charge is 0.418 e. The van der Waals surface area contributed by atoms with E-state index < -0.39 is 41.7 Å². The number of carbonyl (C=O) groups excluding carboxylic acids is 1. The molecule has 0 aromatic rings. The molecule has 5 nitrogen and oxygen atoms in total. The lowest BCUT2D eigenvalue weighted by Gasteiger charge is -2.32. The molecule has 116 valence electrons. The lowest BCUT2D eigenvalue weighted by molar-refractivity contribution is -0.159. The van der Waals surface area contributed by atoms with E-state index in [-0.39, 0.29) is 5.75 Å². The van der Waals surface area contributed by atoms with Gasteiger partial charge in [-0.1, -0.05) is 0 Å². The third-order valence-electron chi connectivity index (χ3n) is 2.39. The van der Waals surface area contributed by atoms with Crippen molar-refractivity contribution < 1.29 is 32.6 Å². The molecule has 1 amide bonds. The zero-order valence-corrected chi connectivity index (χ0v) is 12.0. The van der Waals surface area contributed by atoms with E-state index in [0.717, 1.165) is 0 Å². The highest BCUT2D eigenvalue weighted by atomic mass is 32.2. The number of thioether (sulfide) groups is 1. The van der Waals surface area contributed by atoms with Crippen molar-refractivity contribution in [3.63, 3.8) is 0 Å². The average molecular weight is 315 g/mol. The van der Waals surface area contributed by atoms with Gasteiger partial charge in [0.2, 0.25) is 0 Å². The fourth-order valence-corrected chi connectivity index (χ4v) is 3.02. The van der Waals surface area contributed by atoms with Crippen molar-refractivity contribution in [1.29, 1.82) is 0 Å². The third-order valence-corrected chi connectivity index (χ3v) is 3.77. The Morgan fingerprint density at radius 1 is 1.35 bits per heavy atom. The number of hydrogen-bond acceptors (Lipinski definition) is 4. The molecule has 1 unspecified atom stereocenters. The first kappa shape index (κ1) is 16.9. The van der Waals surface area contributed by atoms with E-state index in [0.29, 0.717) is 16.7 Å². The van der Waals surface area contributed by atoms with Crippen LogP contribution in [-0.4, -0.2) is 51.0 Å². The molecule has 1 aliphatic rings. The van der Waals surface area contributed by atoms with E-state index in [2.05, 4.69) is 0 Å². The minimum Gasteiger partial charge on any atom is -0.481 e. The van der Waals surface area contributed by atoms with Crippen molar-refractivity contribution in [2.24, 2.45) is 0 Å². The molecule has 1 fully saturated rings. The van der Waals surface area contributed by atoms with Crippen molar-refractivity contribution >= 4 is 23.8 Å². The van der Waals surface area contributed by atoms with Gasteiger partial charge >= 0.3 is 18.2 Å². The fourth-order valence-electron chi connectivity index (χ4n) is 1.72. The Balaban J connectivity index is 2.95. The van der Waals surface area contributed by atoms with Crippen LogP contribution in [0, 0.1) is 0 Å². The van der Waals surface area contributed by atoms with Crippen molar-refractivity contribution in [3.8, 4) is 0 Å². The maximum Gasteiger partial charge on any atom is 0.418 e. The number of carboxylic acids is 1. The van der Waals surface area contributed by atoms with Crippen LogP contribution >= 0.6 is 11.8 Å². The predicted octanol–water partition coefficient (Wildman–Crippen LogP) is 2.70. The summed E-state index contributed by atoms with van der Waals surface area (Å²) in [6, 6.07) is -1.03. The van der Waals surface area contributed by atoms with Gasteiger partial charge in [-0.25, -0.2) is 4.79 Å². The first-order valence-electron chi connectivity index (χ1n) is 5.83. The van der Waals surface area contributed by atoms with Crippen LogP contribution in [0.2, 0.25) is 0 Å². The average Bonchev–Trinajstić information content (AvgIpc) is 2.56. The summed E-state index contributed by atoms with van der Waals surface area (Å²) in [7, 11) is 0. The molecule has 1 heterocycles. The van der Waals surface area contributed by atoms with E-state index >= 15 is 0 Å². The molecule has 1 N–H and O–H groups in total. The van der Waals surface area contributed by atoms with Crippen LogP contribution in [0.25, 0.3) is 0 Å².